The van der Waals surface area contributed by atoms with E-state index in [0.717, 1.165) is 22.4 Å². The summed E-state index contributed by atoms with van der Waals surface area (Å²) in [7, 11) is 0. The molecule has 0 amide bonds. The van der Waals surface area contributed by atoms with Gasteiger partial charge in [-0.15, -0.1) is 11.6 Å². The van der Waals surface area contributed by atoms with Crippen molar-refractivity contribution in [1.29, 1.82) is 0 Å². The Morgan fingerprint density at radius 3 is 2.89 bits per heavy atom. The van der Waals surface area contributed by atoms with E-state index in [1.54, 1.807) is 12.4 Å². The van der Waals surface area contributed by atoms with Gasteiger partial charge in [0.25, 0.3) is 0 Å². The molecule has 1 aromatic carbocycles. The standard InChI is InChI=1S/C16H14ClNO/c1-13-10-16(7-6-15(13)5-2-8-17)19-12-14-4-3-9-18-11-14/h3-4,6-7,9-11H,8,12H2,1H3. The van der Waals surface area contributed by atoms with Crippen molar-refractivity contribution in [2.75, 3.05) is 5.88 Å². The fourth-order valence-corrected chi connectivity index (χ4v) is 1.71. The zero-order chi connectivity index (χ0) is 13.5. The lowest BCUT2D eigenvalue weighted by Gasteiger charge is -2.07. The number of hydrogen-bond donors (Lipinski definition) is 0. The van der Waals surface area contributed by atoms with E-state index in [9.17, 15) is 0 Å². The Morgan fingerprint density at radius 2 is 2.21 bits per heavy atom. The second-order valence-corrected chi connectivity index (χ2v) is 4.33. The number of rotatable bonds is 3. The van der Waals surface area contributed by atoms with E-state index in [-0.39, 0.29) is 0 Å². The third-order valence-corrected chi connectivity index (χ3v) is 2.75. The first-order valence-corrected chi connectivity index (χ1v) is 6.50. The quantitative estimate of drug-likeness (QED) is 0.629. The molecule has 0 saturated carbocycles. The Balaban J connectivity index is 2.04. The molecule has 1 heterocycles. The number of benzene rings is 1. The molecule has 0 atom stereocenters. The van der Waals surface area contributed by atoms with E-state index in [1.807, 2.05) is 37.3 Å². The van der Waals surface area contributed by atoms with Crippen molar-refractivity contribution in [3.8, 4) is 17.6 Å². The Hall–Kier alpha value is -1.98. The van der Waals surface area contributed by atoms with Crippen LogP contribution in [0.5, 0.6) is 5.75 Å². The van der Waals surface area contributed by atoms with Gasteiger partial charge in [-0.05, 0) is 36.8 Å². The second kappa shape index (κ2) is 6.82. The van der Waals surface area contributed by atoms with E-state index >= 15 is 0 Å². The van der Waals surface area contributed by atoms with Gasteiger partial charge < -0.3 is 4.74 Å². The van der Waals surface area contributed by atoms with Crippen LogP contribution in [0, 0.1) is 18.8 Å². The zero-order valence-corrected chi connectivity index (χ0v) is 11.4. The van der Waals surface area contributed by atoms with Gasteiger partial charge in [0.1, 0.15) is 12.4 Å². The van der Waals surface area contributed by atoms with E-state index in [2.05, 4.69) is 16.8 Å². The first-order valence-electron chi connectivity index (χ1n) is 5.97. The molecule has 3 heteroatoms. The molecule has 0 aliphatic rings. The van der Waals surface area contributed by atoms with Gasteiger partial charge in [0.05, 0.1) is 5.88 Å². The molecule has 0 bridgehead atoms. The van der Waals surface area contributed by atoms with Gasteiger partial charge in [0, 0.05) is 23.5 Å². The second-order valence-electron chi connectivity index (χ2n) is 4.06. The van der Waals surface area contributed by atoms with E-state index < -0.39 is 0 Å². The van der Waals surface area contributed by atoms with Gasteiger partial charge in [-0.25, -0.2) is 0 Å². The smallest absolute Gasteiger partial charge is 0.120 e. The first kappa shape index (κ1) is 13.5. The zero-order valence-electron chi connectivity index (χ0n) is 10.7. The summed E-state index contributed by atoms with van der Waals surface area (Å²) >= 11 is 5.55. The first-order chi connectivity index (χ1) is 9.29. The molecule has 19 heavy (non-hydrogen) atoms. The minimum absolute atomic E-state index is 0.346. The highest BCUT2D eigenvalue weighted by atomic mass is 35.5. The summed E-state index contributed by atoms with van der Waals surface area (Å²) in [6, 6.07) is 9.73. The number of hydrogen-bond acceptors (Lipinski definition) is 2. The van der Waals surface area contributed by atoms with Gasteiger partial charge in [0.2, 0.25) is 0 Å². The Morgan fingerprint density at radius 1 is 1.32 bits per heavy atom. The molecule has 2 nitrogen and oxygen atoms in total. The number of nitrogens with zero attached hydrogens (tertiary/aromatic N) is 1. The SMILES string of the molecule is Cc1cc(OCc2cccnc2)ccc1C#CCCl. The number of aryl methyl sites for hydroxylation is 1. The summed E-state index contributed by atoms with van der Waals surface area (Å²) in [4.78, 5) is 4.05. The maximum Gasteiger partial charge on any atom is 0.120 e. The van der Waals surface area contributed by atoms with E-state index in [1.165, 1.54) is 0 Å². The van der Waals surface area contributed by atoms with Gasteiger partial charge in [-0.3, -0.25) is 4.98 Å². The maximum absolute atomic E-state index is 5.72. The van der Waals surface area contributed by atoms with Crippen LogP contribution in [-0.2, 0) is 6.61 Å². The normalized spacial score (nSPS) is 9.58. The van der Waals surface area contributed by atoms with E-state index in [0.29, 0.717) is 12.5 Å². The highest BCUT2D eigenvalue weighted by Crippen LogP contribution is 2.17. The third-order valence-electron chi connectivity index (χ3n) is 2.62. The lowest BCUT2D eigenvalue weighted by Crippen LogP contribution is -1.96. The molecule has 0 unspecified atom stereocenters. The summed E-state index contributed by atoms with van der Waals surface area (Å²) < 4.78 is 5.72. The highest BCUT2D eigenvalue weighted by molar-refractivity contribution is 6.19. The summed E-state index contributed by atoms with van der Waals surface area (Å²) in [5.74, 6) is 7.04. The van der Waals surface area contributed by atoms with Crippen LogP contribution in [0.4, 0.5) is 0 Å². The molecule has 0 aliphatic carbocycles. The Bertz CT molecular complexity index is 599. The number of ether oxygens (including phenoxy) is 1. The minimum atomic E-state index is 0.346. The molecular weight excluding hydrogens is 258 g/mol. The molecule has 0 N–H and O–H groups in total. The molecule has 0 spiro atoms. The highest BCUT2D eigenvalue weighted by Gasteiger charge is 1.99. The van der Waals surface area contributed by atoms with Crippen LogP contribution in [0.3, 0.4) is 0 Å². The van der Waals surface area contributed by atoms with Crippen LogP contribution in [0.25, 0.3) is 0 Å². The van der Waals surface area contributed by atoms with Gasteiger partial charge in [-0.1, -0.05) is 17.9 Å². The fraction of sp³-hybridized carbons (Fsp3) is 0.188. The number of halogens is 1. The van der Waals surface area contributed by atoms with Crippen LogP contribution in [-0.4, -0.2) is 10.9 Å². The van der Waals surface area contributed by atoms with Crippen LogP contribution in [0.1, 0.15) is 16.7 Å². The molecule has 0 fully saturated rings. The largest absolute Gasteiger partial charge is 0.489 e. The molecule has 0 saturated heterocycles. The Labute approximate surface area is 118 Å². The van der Waals surface area contributed by atoms with Gasteiger partial charge >= 0.3 is 0 Å². The predicted octanol–water partition coefficient (Wildman–Crippen LogP) is 3.56. The number of alkyl halides is 1. The van der Waals surface area contributed by atoms with Gasteiger partial charge in [0.15, 0.2) is 0 Å². The molecule has 2 rings (SSSR count). The minimum Gasteiger partial charge on any atom is -0.489 e. The predicted molar refractivity (Wildman–Crippen MR) is 77.3 cm³/mol. The summed E-state index contributed by atoms with van der Waals surface area (Å²) in [6.07, 6.45) is 3.55. The molecule has 1 aromatic heterocycles. The fourth-order valence-electron chi connectivity index (χ4n) is 1.64. The van der Waals surface area contributed by atoms with Crippen molar-refractivity contribution in [3.63, 3.8) is 0 Å². The lowest BCUT2D eigenvalue weighted by atomic mass is 10.1. The van der Waals surface area contributed by atoms with Crippen molar-refractivity contribution >= 4 is 11.6 Å². The summed E-state index contributed by atoms with van der Waals surface area (Å²) in [6.45, 7) is 2.52. The molecular formula is C16H14ClNO. The van der Waals surface area contributed by atoms with E-state index in [4.69, 9.17) is 16.3 Å². The topological polar surface area (TPSA) is 22.1 Å². The summed E-state index contributed by atoms with van der Waals surface area (Å²) in [5.41, 5.74) is 3.11. The molecule has 96 valence electrons. The summed E-state index contributed by atoms with van der Waals surface area (Å²) in [5, 5.41) is 0. The molecule has 2 aromatic rings. The third kappa shape index (κ3) is 4.01. The Kier molecular flexibility index (Phi) is 4.83. The average molecular weight is 272 g/mol. The van der Waals surface area contributed by atoms with Crippen molar-refractivity contribution in [1.82, 2.24) is 4.98 Å². The molecule has 0 radical (unpaired) electrons. The average Bonchev–Trinajstić information content (AvgIpc) is 2.45. The lowest BCUT2D eigenvalue weighted by molar-refractivity contribution is 0.305. The van der Waals surface area contributed by atoms with Gasteiger partial charge in [-0.2, -0.15) is 0 Å². The van der Waals surface area contributed by atoms with Crippen molar-refractivity contribution in [2.45, 2.75) is 13.5 Å². The van der Waals surface area contributed by atoms with Crippen molar-refractivity contribution in [2.24, 2.45) is 0 Å². The maximum atomic E-state index is 5.72. The number of aromatic nitrogens is 1. The monoisotopic (exact) mass is 271 g/mol. The van der Waals surface area contributed by atoms with Crippen LogP contribution in [0.15, 0.2) is 42.7 Å². The van der Waals surface area contributed by atoms with Crippen LogP contribution >= 0.6 is 11.6 Å². The van der Waals surface area contributed by atoms with Crippen molar-refractivity contribution in [3.05, 3.63) is 59.4 Å². The van der Waals surface area contributed by atoms with Crippen LogP contribution in [0.2, 0.25) is 0 Å². The molecule has 0 aliphatic heterocycles. The number of pyridine rings is 1. The van der Waals surface area contributed by atoms with Crippen LogP contribution < -0.4 is 4.74 Å². The van der Waals surface area contributed by atoms with Crippen molar-refractivity contribution < 1.29 is 4.74 Å².